The SMILES string of the molecule is COCCCN(Cc1csc(COc2ccccc2C(C)C)n1)C(C)=O. The van der Waals surface area contributed by atoms with E-state index in [-0.39, 0.29) is 5.91 Å². The molecule has 1 amide bonds. The number of amides is 1. The number of rotatable bonds is 10. The number of aromatic nitrogens is 1. The number of methoxy groups -OCH3 is 1. The van der Waals surface area contributed by atoms with Crippen molar-refractivity contribution in [2.24, 2.45) is 0 Å². The molecule has 0 fully saturated rings. The Bertz CT molecular complexity index is 700. The molecule has 26 heavy (non-hydrogen) atoms. The molecule has 142 valence electrons. The largest absolute Gasteiger partial charge is 0.486 e. The molecule has 0 spiro atoms. The third-order valence-electron chi connectivity index (χ3n) is 4.07. The van der Waals surface area contributed by atoms with Gasteiger partial charge in [0, 0.05) is 32.6 Å². The molecular weight excluding hydrogens is 348 g/mol. The quantitative estimate of drug-likeness (QED) is 0.582. The molecule has 0 bridgehead atoms. The van der Waals surface area contributed by atoms with Gasteiger partial charge in [0.1, 0.15) is 17.4 Å². The summed E-state index contributed by atoms with van der Waals surface area (Å²) in [6, 6.07) is 8.11. The molecule has 0 aliphatic rings. The maximum atomic E-state index is 11.8. The summed E-state index contributed by atoms with van der Waals surface area (Å²) in [5.74, 6) is 1.37. The topological polar surface area (TPSA) is 51.7 Å². The van der Waals surface area contributed by atoms with E-state index in [0.717, 1.165) is 22.9 Å². The number of hydrogen-bond donors (Lipinski definition) is 0. The van der Waals surface area contributed by atoms with E-state index in [4.69, 9.17) is 9.47 Å². The molecule has 0 saturated carbocycles. The number of ether oxygens (including phenoxy) is 2. The van der Waals surface area contributed by atoms with Crippen molar-refractivity contribution >= 4 is 17.2 Å². The summed E-state index contributed by atoms with van der Waals surface area (Å²) in [5, 5.41) is 2.92. The molecule has 1 aromatic heterocycles. The second-order valence-corrected chi connectivity index (χ2v) is 7.44. The van der Waals surface area contributed by atoms with Crippen molar-refractivity contribution in [3.05, 3.63) is 45.9 Å². The van der Waals surface area contributed by atoms with Crippen molar-refractivity contribution in [3.8, 4) is 5.75 Å². The van der Waals surface area contributed by atoms with Crippen molar-refractivity contribution in [2.45, 2.75) is 46.3 Å². The maximum Gasteiger partial charge on any atom is 0.219 e. The van der Waals surface area contributed by atoms with Gasteiger partial charge in [-0.05, 0) is 24.0 Å². The first-order chi connectivity index (χ1) is 12.5. The van der Waals surface area contributed by atoms with Crippen LogP contribution in [0, 0.1) is 0 Å². The Morgan fingerprint density at radius 2 is 2.08 bits per heavy atom. The van der Waals surface area contributed by atoms with E-state index in [1.165, 1.54) is 5.56 Å². The molecule has 0 atom stereocenters. The summed E-state index contributed by atoms with van der Waals surface area (Å²) < 4.78 is 11.0. The van der Waals surface area contributed by atoms with Gasteiger partial charge in [-0.2, -0.15) is 0 Å². The molecule has 0 N–H and O–H groups in total. The minimum atomic E-state index is 0.0535. The first kappa shape index (κ1) is 20.4. The molecule has 2 rings (SSSR count). The van der Waals surface area contributed by atoms with Crippen molar-refractivity contribution in [1.82, 2.24) is 9.88 Å². The Hall–Kier alpha value is -1.92. The van der Waals surface area contributed by atoms with Crippen LogP contribution in [0.2, 0.25) is 0 Å². The van der Waals surface area contributed by atoms with Crippen LogP contribution in [0.5, 0.6) is 5.75 Å². The zero-order chi connectivity index (χ0) is 18.9. The average Bonchev–Trinajstić information content (AvgIpc) is 3.07. The molecule has 1 aromatic carbocycles. The lowest BCUT2D eigenvalue weighted by Crippen LogP contribution is -2.30. The highest BCUT2D eigenvalue weighted by molar-refractivity contribution is 7.09. The number of carbonyl (C=O) groups excluding carboxylic acids is 1. The average molecular weight is 377 g/mol. The number of para-hydroxylation sites is 1. The zero-order valence-corrected chi connectivity index (χ0v) is 16.8. The number of thiazole rings is 1. The van der Waals surface area contributed by atoms with Gasteiger partial charge in [-0.3, -0.25) is 4.79 Å². The summed E-state index contributed by atoms with van der Waals surface area (Å²) in [5.41, 5.74) is 2.10. The van der Waals surface area contributed by atoms with Crippen LogP contribution in [-0.4, -0.2) is 36.1 Å². The van der Waals surface area contributed by atoms with E-state index in [2.05, 4.69) is 24.9 Å². The Balaban J connectivity index is 1.94. The van der Waals surface area contributed by atoms with Gasteiger partial charge in [0.05, 0.1) is 12.2 Å². The lowest BCUT2D eigenvalue weighted by atomic mass is 10.0. The predicted octanol–water partition coefficient (Wildman–Crippen LogP) is 4.23. The van der Waals surface area contributed by atoms with Crippen LogP contribution in [0.1, 0.15) is 49.4 Å². The van der Waals surface area contributed by atoms with Crippen molar-refractivity contribution in [1.29, 1.82) is 0 Å². The molecule has 0 unspecified atom stereocenters. The second kappa shape index (κ2) is 10.3. The van der Waals surface area contributed by atoms with Gasteiger partial charge in [0.25, 0.3) is 0 Å². The third-order valence-corrected chi connectivity index (χ3v) is 4.94. The van der Waals surface area contributed by atoms with Gasteiger partial charge in [0.15, 0.2) is 0 Å². The molecule has 0 aliphatic carbocycles. The lowest BCUT2D eigenvalue weighted by Gasteiger charge is -2.19. The minimum absolute atomic E-state index is 0.0535. The summed E-state index contributed by atoms with van der Waals surface area (Å²) in [6.07, 6.45) is 0.822. The molecule has 6 heteroatoms. The summed E-state index contributed by atoms with van der Waals surface area (Å²) >= 11 is 1.57. The molecule has 1 heterocycles. The molecule has 0 aliphatic heterocycles. The highest BCUT2D eigenvalue weighted by Crippen LogP contribution is 2.27. The fourth-order valence-electron chi connectivity index (χ4n) is 2.66. The van der Waals surface area contributed by atoms with Crippen molar-refractivity contribution in [2.75, 3.05) is 20.3 Å². The highest BCUT2D eigenvalue weighted by atomic mass is 32.1. The van der Waals surface area contributed by atoms with Crippen LogP contribution in [0.25, 0.3) is 0 Å². The van der Waals surface area contributed by atoms with Crippen molar-refractivity contribution < 1.29 is 14.3 Å². The molecule has 2 aromatic rings. The van der Waals surface area contributed by atoms with Crippen LogP contribution in [-0.2, 0) is 22.7 Å². The normalized spacial score (nSPS) is 11.0. The van der Waals surface area contributed by atoms with Gasteiger partial charge in [-0.25, -0.2) is 4.98 Å². The van der Waals surface area contributed by atoms with Crippen LogP contribution in [0.15, 0.2) is 29.6 Å². The Labute approximate surface area is 160 Å². The summed E-state index contributed by atoms with van der Waals surface area (Å²) in [7, 11) is 1.67. The minimum Gasteiger partial charge on any atom is -0.486 e. The van der Waals surface area contributed by atoms with Gasteiger partial charge in [-0.1, -0.05) is 32.0 Å². The fourth-order valence-corrected chi connectivity index (χ4v) is 3.36. The van der Waals surface area contributed by atoms with E-state index in [1.807, 2.05) is 23.6 Å². The molecular formula is C20H28N2O3S. The fraction of sp³-hybridized carbons (Fsp3) is 0.500. The molecule has 0 saturated heterocycles. The van der Waals surface area contributed by atoms with Gasteiger partial charge < -0.3 is 14.4 Å². The Morgan fingerprint density at radius 1 is 1.31 bits per heavy atom. The number of carbonyl (C=O) groups is 1. The van der Waals surface area contributed by atoms with Gasteiger partial charge in [-0.15, -0.1) is 11.3 Å². The van der Waals surface area contributed by atoms with E-state index in [0.29, 0.717) is 32.2 Å². The van der Waals surface area contributed by atoms with E-state index < -0.39 is 0 Å². The lowest BCUT2D eigenvalue weighted by molar-refractivity contribution is -0.129. The molecule has 0 radical (unpaired) electrons. The predicted molar refractivity (Wildman–Crippen MR) is 105 cm³/mol. The second-order valence-electron chi connectivity index (χ2n) is 6.50. The van der Waals surface area contributed by atoms with Crippen LogP contribution in [0.3, 0.4) is 0 Å². The number of benzene rings is 1. The van der Waals surface area contributed by atoms with E-state index in [1.54, 1.807) is 30.3 Å². The Morgan fingerprint density at radius 3 is 2.77 bits per heavy atom. The standard InChI is InChI=1S/C20H28N2O3S/c1-15(2)18-8-5-6-9-19(18)25-13-20-21-17(14-26-20)12-22(16(3)23)10-7-11-24-4/h5-6,8-9,14-15H,7,10-13H2,1-4H3. The smallest absolute Gasteiger partial charge is 0.219 e. The number of nitrogens with zero attached hydrogens (tertiary/aromatic N) is 2. The first-order valence-corrected chi connectivity index (χ1v) is 9.78. The van der Waals surface area contributed by atoms with Crippen LogP contribution < -0.4 is 4.74 Å². The Kier molecular flexibility index (Phi) is 8.06. The highest BCUT2D eigenvalue weighted by Gasteiger charge is 2.13. The maximum absolute atomic E-state index is 11.8. The van der Waals surface area contributed by atoms with Crippen LogP contribution in [0.4, 0.5) is 0 Å². The van der Waals surface area contributed by atoms with Crippen LogP contribution >= 0.6 is 11.3 Å². The number of hydrogen-bond acceptors (Lipinski definition) is 5. The zero-order valence-electron chi connectivity index (χ0n) is 16.0. The van der Waals surface area contributed by atoms with Gasteiger partial charge in [0.2, 0.25) is 5.91 Å². The first-order valence-electron chi connectivity index (χ1n) is 8.90. The van der Waals surface area contributed by atoms with E-state index >= 15 is 0 Å². The summed E-state index contributed by atoms with van der Waals surface area (Å²) in [6.45, 7) is 8.19. The van der Waals surface area contributed by atoms with Gasteiger partial charge >= 0.3 is 0 Å². The third kappa shape index (κ3) is 6.11. The van der Waals surface area contributed by atoms with Crippen molar-refractivity contribution in [3.63, 3.8) is 0 Å². The molecule has 5 nitrogen and oxygen atoms in total. The summed E-state index contributed by atoms with van der Waals surface area (Å²) in [4.78, 5) is 18.2. The monoisotopic (exact) mass is 376 g/mol. The van der Waals surface area contributed by atoms with E-state index in [9.17, 15) is 4.79 Å².